The summed E-state index contributed by atoms with van der Waals surface area (Å²) in [6.45, 7) is 1.89. The molecule has 1 saturated carbocycles. The second kappa shape index (κ2) is 10.4. The van der Waals surface area contributed by atoms with E-state index in [-0.39, 0.29) is 23.3 Å². The van der Waals surface area contributed by atoms with Crippen molar-refractivity contribution in [1.82, 2.24) is 10.2 Å². The molecule has 6 heteroatoms. The average molecular weight is 477 g/mol. The molecule has 2 amide bonds. The lowest BCUT2D eigenvalue weighted by Crippen LogP contribution is -2.52. The third kappa shape index (κ3) is 4.81. The van der Waals surface area contributed by atoms with Crippen molar-refractivity contribution in [1.29, 1.82) is 0 Å². The standard InChI is InChI=1S/C29H36N2O4/c1-34-24-13-11-23(12-14-24)29(15-17-35-18-16-29)20-30-27(32)26-19-22-9-5-6-10-25(22)31(26)28(33)21-7-3-2-4-8-21/h2-4,7-8,11-14,22,25-26H,5-6,9-10,15-20H2,1H3,(H,30,32). The molecule has 1 aliphatic carbocycles. The van der Waals surface area contributed by atoms with Crippen LogP contribution in [0.3, 0.4) is 0 Å². The lowest BCUT2D eigenvalue weighted by Gasteiger charge is -2.39. The summed E-state index contributed by atoms with van der Waals surface area (Å²) in [5.74, 6) is 1.19. The van der Waals surface area contributed by atoms with Crippen LogP contribution in [0.2, 0.25) is 0 Å². The van der Waals surface area contributed by atoms with E-state index < -0.39 is 6.04 Å². The summed E-state index contributed by atoms with van der Waals surface area (Å²) in [7, 11) is 1.67. The number of nitrogens with one attached hydrogen (secondary N) is 1. The van der Waals surface area contributed by atoms with Crippen LogP contribution in [0.4, 0.5) is 0 Å². The minimum absolute atomic E-state index is 0.0175. The zero-order valence-electron chi connectivity index (χ0n) is 20.6. The molecule has 2 aliphatic heterocycles. The van der Waals surface area contributed by atoms with Gasteiger partial charge in [-0.25, -0.2) is 0 Å². The summed E-state index contributed by atoms with van der Waals surface area (Å²) >= 11 is 0. The van der Waals surface area contributed by atoms with Crippen molar-refractivity contribution in [3.63, 3.8) is 0 Å². The van der Waals surface area contributed by atoms with Gasteiger partial charge in [0.2, 0.25) is 5.91 Å². The van der Waals surface area contributed by atoms with Gasteiger partial charge in [-0.05, 0) is 67.9 Å². The van der Waals surface area contributed by atoms with Crippen LogP contribution in [0.1, 0.15) is 60.9 Å². The lowest BCUT2D eigenvalue weighted by atomic mass is 9.74. The Morgan fingerprint density at radius 3 is 2.46 bits per heavy atom. The predicted molar refractivity (Wildman–Crippen MR) is 134 cm³/mol. The predicted octanol–water partition coefficient (Wildman–Crippen LogP) is 4.33. The number of hydrogen-bond donors (Lipinski definition) is 1. The fourth-order valence-electron chi connectivity index (χ4n) is 6.36. The van der Waals surface area contributed by atoms with Crippen molar-refractivity contribution in [2.45, 2.75) is 62.4 Å². The van der Waals surface area contributed by atoms with Gasteiger partial charge >= 0.3 is 0 Å². The van der Waals surface area contributed by atoms with Crippen LogP contribution in [0.25, 0.3) is 0 Å². The largest absolute Gasteiger partial charge is 0.497 e. The number of fused-ring (bicyclic) bond motifs is 1. The Labute approximate surface area is 208 Å². The third-order valence-electron chi connectivity index (χ3n) is 8.40. The topological polar surface area (TPSA) is 67.9 Å². The van der Waals surface area contributed by atoms with E-state index in [0.29, 0.717) is 31.2 Å². The van der Waals surface area contributed by atoms with Crippen molar-refractivity contribution in [2.24, 2.45) is 5.92 Å². The van der Waals surface area contributed by atoms with Gasteiger partial charge in [-0.15, -0.1) is 0 Å². The normalized spacial score (nSPS) is 25.5. The first-order chi connectivity index (χ1) is 17.1. The molecule has 2 aromatic carbocycles. The molecule has 0 radical (unpaired) electrons. The Hall–Kier alpha value is -2.86. The third-order valence-corrected chi connectivity index (χ3v) is 8.40. The van der Waals surface area contributed by atoms with Gasteiger partial charge in [0.25, 0.3) is 5.91 Å². The molecule has 3 aliphatic rings. The summed E-state index contributed by atoms with van der Waals surface area (Å²) in [4.78, 5) is 29.2. The smallest absolute Gasteiger partial charge is 0.254 e. The minimum Gasteiger partial charge on any atom is -0.497 e. The van der Waals surface area contributed by atoms with E-state index in [4.69, 9.17) is 9.47 Å². The fourth-order valence-corrected chi connectivity index (χ4v) is 6.36. The number of ether oxygens (including phenoxy) is 2. The molecule has 5 rings (SSSR count). The molecule has 35 heavy (non-hydrogen) atoms. The van der Waals surface area contributed by atoms with Gasteiger partial charge < -0.3 is 19.7 Å². The molecular weight excluding hydrogens is 440 g/mol. The molecule has 3 fully saturated rings. The molecule has 186 valence electrons. The van der Waals surface area contributed by atoms with E-state index in [9.17, 15) is 9.59 Å². The quantitative estimate of drug-likeness (QED) is 0.674. The van der Waals surface area contributed by atoms with Crippen molar-refractivity contribution in [3.05, 3.63) is 65.7 Å². The average Bonchev–Trinajstić information content (AvgIpc) is 3.32. The zero-order chi connectivity index (χ0) is 24.3. The Morgan fingerprint density at radius 1 is 1.03 bits per heavy atom. The fraction of sp³-hybridized carbons (Fsp3) is 0.517. The number of carbonyl (C=O) groups is 2. The van der Waals surface area contributed by atoms with E-state index in [0.717, 1.165) is 44.3 Å². The van der Waals surface area contributed by atoms with E-state index >= 15 is 0 Å². The number of carbonyl (C=O) groups excluding carboxylic acids is 2. The minimum atomic E-state index is -0.413. The highest BCUT2D eigenvalue weighted by atomic mass is 16.5. The molecule has 6 nitrogen and oxygen atoms in total. The Morgan fingerprint density at radius 2 is 1.74 bits per heavy atom. The van der Waals surface area contributed by atoms with Crippen LogP contribution in [-0.4, -0.2) is 55.7 Å². The van der Waals surface area contributed by atoms with Gasteiger partial charge in [-0.1, -0.05) is 43.2 Å². The molecule has 0 bridgehead atoms. The maximum absolute atomic E-state index is 13.7. The second-order valence-corrected chi connectivity index (χ2v) is 10.3. The number of amides is 2. The lowest BCUT2D eigenvalue weighted by molar-refractivity contribution is -0.125. The molecule has 1 N–H and O–H groups in total. The Balaban J connectivity index is 1.36. The second-order valence-electron chi connectivity index (χ2n) is 10.3. The summed E-state index contributed by atoms with van der Waals surface area (Å²) in [5.41, 5.74) is 1.68. The van der Waals surface area contributed by atoms with Gasteiger partial charge in [0.15, 0.2) is 0 Å². The highest BCUT2D eigenvalue weighted by Crippen LogP contribution is 2.41. The van der Waals surface area contributed by atoms with Crippen molar-refractivity contribution in [2.75, 3.05) is 26.9 Å². The molecule has 0 aromatic heterocycles. The molecule has 2 saturated heterocycles. The van der Waals surface area contributed by atoms with Gasteiger partial charge in [0, 0.05) is 36.8 Å². The highest BCUT2D eigenvalue weighted by molar-refractivity contribution is 5.98. The molecule has 3 unspecified atom stereocenters. The maximum atomic E-state index is 13.7. The van der Waals surface area contributed by atoms with Gasteiger partial charge in [0.05, 0.1) is 7.11 Å². The van der Waals surface area contributed by atoms with E-state index in [2.05, 4.69) is 17.4 Å². The van der Waals surface area contributed by atoms with Crippen LogP contribution < -0.4 is 10.1 Å². The maximum Gasteiger partial charge on any atom is 0.254 e. The Bertz CT molecular complexity index is 1020. The number of rotatable bonds is 6. The van der Waals surface area contributed by atoms with Crippen LogP contribution in [0.15, 0.2) is 54.6 Å². The summed E-state index contributed by atoms with van der Waals surface area (Å²) < 4.78 is 11.0. The monoisotopic (exact) mass is 476 g/mol. The van der Waals surface area contributed by atoms with E-state index in [1.807, 2.05) is 47.4 Å². The van der Waals surface area contributed by atoms with Crippen molar-refractivity contribution in [3.8, 4) is 5.75 Å². The number of methoxy groups -OCH3 is 1. The summed E-state index contributed by atoms with van der Waals surface area (Å²) in [5, 5.41) is 3.29. The molecule has 0 spiro atoms. The van der Waals surface area contributed by atoms with E-state index in [1.165, 1.54) is 12.0 Å². The first-order valence-corrected chi connectivity index (χ1v) is 13.0. The van der Waals surface area contributed by atoms with Gasteiger partial charge in [-0.2, -0.15) is 0 Å². The SMILES string of the molecule is COc1ccc(C2(CNC(=O)C3CC4CCCCC4N3C(=O)c3ccccc3)CCOCC2)cc1. The van der Waals surface area contributed by atoms with Crippen molar-refractivity contribution >= 4 is 11.8 Å². The van der Waals surface area contributed by atoms with Crippen LogP contribution in [-0.2, 0) is 14.9 Å². The van der Waals surface area contributed by atoms with Crippen molar-refractivity contribution < 1.29 is 19.1 Å². The first kappa shape index (κ1) is 23.9. The van der Waals surface area contributed by atoms with Gasteiger partial charge in [-0.3, -0.25) is 9.59 Å². The van der Waals surface area contributed by atoms with E-state index in [1.54, 1.807) is 7.11 Å². The number of benzene rings is 2. The molecule has 2 aromatic rings. The summed E-state index contributed by atoms with van der Waals surface area (Å²) in [6.07, 6.45) is 6.84. The number of likely N-dealkylation sites (tertiary alicyclic amines) is 1. The zero-order valence-corrected chi connectivity index (χ0v) is 20.6. The molecule has 3 atom stereocenters. The highest BCUT2D eigenvalue weighted by Gasteiger charge is 2.48. The van der Waals surface area contributed by atoms with Crippen LogP contribution in [0, 0.1) is 5.92 Å². The van der Waals surface area contributed by atoms with Gasteiger partial charge in [0.1, 0.15) is 11.8 Å². The number of hydrogen-bond acceptors (Lipinski definition) is 4. The molecule has 2 heterocycles. The number of nitrogens with zero attached hydrogens (tertiary/aromatic N) is 1. The summed E-state index contributed by atoms with van der Waals surface area (Å²) in [6, 6.07) is 17.3. The van der Waals surface area contributed by atoms with Crippen LogP contribution in [0.5, 0.6) is 5.75 Å². The van der Waals surface area contributed by atoms with Crippen LogP contribution >= 0.6 is 0 Å². The Kier molecular flexibility index (Phi) is 7.09. The molecular formula is C29H36N2O4. The first-order valence-electron chi connectivity index (χ1n) is 13.0.